The number of carbonyl (C=O) groups is 2. The van der Waals surface area contributed by atoms with Gasteiger partial charge in [-0.1, -0.05) is 35.3 Å². The molecule has 2 aromatic carbocycles. The van der Waals surface area contributed by atoms with Crippen molar-refractivity contribution in [3.05, 3.63) is 64.1 Å². The Morgan fingerprint density at radius 1 is 1.08 bits per heavy atom. The van der Waals surface area contributed by atoms with Gasteiger partial charge in [-0.3, -0.25) is 14.3 Å². The van der Waals surface area contributed by atoms with Crippen LogP contribution in [0.3, 0.4) is 0 Å². The molecule has 0 saturated carbocycles. The van der Waals surface area contributed by atoms with Gasteiger partial charge in [0.2, 0.25) is 5.78 Å². The first-order valence-electron chi connectivity index (χ1n) is 7.14. The summed E-state index contributed by atoms with van der Waals surface area (Å²) in [6.45, 7) is 1.08. The number of ketones is 2. The van der Waals surface area contributed by atoms with Gasteiger partial charge in [-0.2, -0.15) is 0 Å². The van der Waals surface area contributed by atoms with E-state index < -0.39 is 27.3 Å². The predicted octanol–water partition coefficient (Wildman–Crippen LogP) is 3.85. The Kier molecular flexibility index (Phi) is 6.07. The molecule has 2 N–H and O–H groups in total. The summed E-state index contributed by atoms with van der Waals surface area (Å²) >= 11 is 11.6. The van der Waals surface area contributed by atoms with Gasteiger partial charge in [-0.15, -0.1) is 0 Å². The zero-order valence-corrected chi connectivity index (χ0v) is 15.7. The molecule has 0 aromatic heterocycles. The molecule has 6 nitrogen and oxygen atoms in total. The van der Waals surface area contributed by atoms with Crippen molar-refractivity contribution < 1.29 is 23.1 Å². The number of allylic oxidation sites excluding steroid dienone is 1. The van der Waals surface area contributed by atoms with Crippen molar-refractivity contribution in [2.75, 3.05) is 4.72 Å². The molecule has 0 fully saturated rings. The van der Waals surface area contributed by atoms with E-state index in [0.29, 0.717) is 0 Å². The summed E-state index contributed by atoms with van der Waals surface area (Å²) in [5.74, 6) is -2.06. The van der Waals surface area contributed by atoms with Gasteiger partial charge < -0.3 is 5.11 Å². The number of hydrogen-bond acceptors (Lipinski definition) is 5. The van der Waals surface area contributed by atoms with E-state index in [1.54, 1.807) is 0 Å². The van der Waals surface area contributed by atoms with Crippen LogP contribution in [0.2, 0.25) is 10.0 Å². The second kappa shape index (κ2) is 7.90. The molecule has 0 unspecified atom stereocenters. The monoisotopic (exact) mass is 413 g/mol. The lowest BCUT2D eigenvalue weighted by atomic mass is 10.1. The standard InChI is InChI=1S/C17H13Cl2NO5S/c1-10(21)16(22)9-17(23)11-3-2-4-12(7-11)20-26(24,25)13-5-6-14(18)15(19)8-13/h2-9,20,23H,1H3/b17-9-. The van der Waals surface area contributed by atoms with Crippen molar-refractivity contribution in [3.8, 4) is 0 Å². The number of Topliss-reactive ketones (excluding diaryl/α,β-unsaturated/α-hetero) is 1. The molecule has 0 saturated heterocycles. The smallest absolute Gasteiger partial charge is 0.261 e. The molecule has 0 radical (unpaired) electrons. The van der Waals surface area contributed by atoms with E-state index >= 15 is 0 Å². The van der Waals surface area contributed by atoms with Gasteiger partial charge in [-0.25, -0.2) is 8.42 Å². The number of halogens is 2. The highest BCUT2D eigenvalue weighted by molar-refractivity contribution is 7.92. The Labute approximate surface area is 160 Å². The van der Waals surface area contributed by atoms with Gasteiger partial charge in [0.05, 0.1) is 14.9 Å². The summed E-state index contributed by atoms with van der Waals surface area (Å²) in [7, 11) is -3.95. The number of benzene rings is 2. The summed E-state index contributed by atoms with van der Waals surface area (Å²) in [4.78, 5) is 22.2. The van der Waals surface area contributed by atoms with E-state index in [0.717, 1.165) is 13.0 Å². The summed E-state index contributed by atoms with van der Waals surface area (Å²) in [6, 6.07) is 9.56. The number of hydrogen-bond donors (Lipinski definition) is 2. The number of anilines is 1. The highest BCUT2D eigenvalue weighted by Crippen LogP contribution is 2.26. The van der Waals surface area contributed by atoms with Crippen LogP contribution < -0.4 is 4.72 Å². The maximum Gasteiger partial charge on any atom is 0.261 e. The number of carbonyl (C=O) groups excluding carboxylic acids is 2. The van der Waals surface area contributed by atoms with Crippen LogP contribution >= 0.6 is 23.2 Å². The minimum absolute atomic E-state index is 0.0895. The van der Waals surface area contributed by atoms with Gasteiger partial charge in [0.1, 0.15) is 5.76 Å². The minimum atomic E-state index is -3.95. The van der Waals surface area contributed by atoms with Crippen LogP contribution in [0.4, 0.5) is 5.69 Å². The molecule has 0 aliphatic heterocycles. The van der Waals surface area contributed by atoms with Crippen molar-refractivity contribution in [2.45, 2.75) is 11.8 Å². The average molecular weight is 414 g/mol. The minimum Gasteiger partial charge on any atom is -0.507 e. The van der Waals surface area contributed by atoms with E-state index in [2.05, 4.69) is 4.72 Å². The summed E-state index contributed by atoms with van der Waals surface area (Å²) < 4.78 is 27.2. The molecule has 0 heterocycles. The van der Waals surface area contributed by atoms with E-state index in [4.69, 9.17) is 23.2 Å². The Morgan fingerprint density at radius 3 is 2.38 bits per heavy atom. The third-order valence-electron chi connectivity index (χ3n) is 3.23. The lowest BCUT2D eigenvalue weighted by molar-refractivity contribution is -0.132. The topological polar surface area (TPSA) is 101 Å². The first-order chi connectivity index (χ1) is 12.1. The Balaban J connectivity index is 2.31. The molecule has 0 bridgehead atoms. The van der Waals surface area contributed by atoms with Crippen LogP contribution in [-0.4, -0.2) is 25.1 Å². The summed E-state index contributed by atoms with van der Waals surface area (Å²) in [5.41, 5.74) is 0.303. The number of aliphatic hydroxyl groups excluding tert-OH is 1. The SMILES string of the molecule is CC(=O)C(=O)/C=C(\O)c1cccc(NS(=O)(=O)c2ccc(Cl)c(Cl)c2)c1. The van der Waals surface area contributed by atoms with Crippen LogP contribution in [0.1, 0.15) is 12.5 Å². The van der Waals surface area contributed by atoms with Crippen LogP contribution in [0.5, 0.6) is 0 Å². The van der Waals surface area contributed by atoms with Crippen LogP contribution in [0.25, 0.3) is 5.76 Å². The fourth-order valence-corrected chi connectivity index (χ4v) is 3.35. The molecule has 9 heteroatoms. The summed E-state index contributed by atoms with van der Waals surface area (Å²) in [6.07, 6.45) is 0.773. The highest BCUT2D eigenvalue weighted by atomic mass is 35.5. The molecule has 0 amide bonds. The molecule has 26 heavy (non-hydrogen) atoms. The van der Waals surface area contributed by atoms with Crippen molar-refractivity contribution in [1.29, 1.82) is 0 Å². The maximum absolute atomic E-state index is 12.4. The van der Waals surface area contributed by atoms with Gasteiger partial charge >= 0.3 is 0 Å². The van der Waals surface area contributed by atoms with E-state index in [1.165, 1.54) is 42.5 Å². The lowest BCUT2D eigenvalue weighted by Crippen LogP contribution is -2.13. The van der Waals surface area contributed by atoms with Crippen LogP contribution in [0, 0.1) is 0 Å². The van der Waals surface area contributed by atoms with E-state index in [1.807, 2.05) is 0 Å². The van der Waals surface area contributed by atoms with Crippen LogP contribution in [0.15, 0.2) is 53.4 Å². The fraction of sp³-hybridized carbons (Fsp3) is 0.0588. The molecule has 0 aliphatic rings. The van der Waals surface area contributed by atoms with E-state index in [9.17, 15) is 23.1 Å². The number of aliphatic hydroxyl groups is 1. The zero-order chi connectivity index (χ0) is 19.5. The molecule has 2 aromatic rings. The zero-order valence-electron chi connectivity index (χ0n) is 13.4. The van der Waals surface area contributed by atoms with Gasteiger partial charge in [0.15, 0.2) is 5.78 Å². The second-order valence-electron chi connectivity index (χ2n) is 5.21. The van der Waals surface area contributed by atoms with Gasteiger partial charge in [0, 0.05) is 24.3 Å². The maximum atomic E-state index is 12.4. The molecule has 2 rings (SSSR count). The predicted molar refractivity (Wildman–Crippen MR) is 100 cm³/mol. The molecular weight excluding hydrogens is 401 g/mol. The molecular formula is C17H13Cl2NO5S. The van der Waals surface area contributed by atoms with Crippen LogP contribution in [-0.2, 0) is 19.6 Å². The molecule has 136 valence electrons. The third kappa shape index (κ3) is 4.85. The Morgan fingerprint density at radius 2 is 1.77 bits per heavy atom. The van der Waals surface area contributed by atoms with Gasteiger partial charge in [0.25, 0.3) is 10.0 Å². The highest BCUT2D eigenvalue weighted by Gasteiger charge is 2.16. The largest absolute Gasteiger partial charge is 0.507 e. The molecule has 0 atom stereocenters. The number of sulfonamides is 1. The number of rotatable bonds is 6. The van der Waals surface area contributed by atoms with E-state index in [-0.39, 0.29) is 26.2 Å². The first kappa shape index (κ1) is 20.0. The third-order valence-corrected chi connectivity index (χ3v) is 5.34. The molecule has 0 aliphatic carbocycles. The Bertz CT molecular complexity index is 1020. The Hall–Kier alpha value is -2.35. The average Bonchev–Trinajstić information content (AvgIpc) is 2.56. The lowest BCUT2D eigenvalue weighted by Gasteiger charge is -2.10. The van der Waals surface area contributed by atoms with Crippen molar-refractivity contribution >= 4 is 56.2 Å². The fourth-order valence-electron chi connectivity index (χ4n) is 1.91. The quantitative estimate of drug-likeness (QED) is 0.425. The number of nitrogens with one attached hydrogen (secondary N) is 1. The normalized spacial score (nSPS) is 11.9. The second-order valence-corrected chi connectivity index (χ2v) is 7.71. The molecule has 0 spiro atoms. The first-order valence-corrected chi connectivity index (χ1v) is 9.38. The van der Waals surface area contributed by atoms with Crippen molar-refractivity contribution in [3.63, 3.8) is 0 Å². The summed E-state index contributed by atoms with van der Waals surface area (Å²) in [5, 5.41) is 10.2. The van der Waals surface area contributed by atoms with Crippen molar-refractivity contribution in [1.82, 2.24) is 0 Å². The van der Waals surface area contributed by atoms with Gasteiger partial charge in [-0.05, 0) is 30.3 Å². The van der Waals surface area contributed by atoms with Crippen molar-refractivity contribution in [2.24, 2.45) is 0 Å².